The van der Waals surface area contributed by atoms with Crippen LogP contribution in [0.25, 0.3) is 21.3 Å². The molecule has 3 aromatic carbocycles. The number of carbonyl (C=O) groups is 1. The predicted octanol–water partition coefficient (Wildman–Crippen LogP) is 7.36. The van der Waals surface area contributed by atoms with Crippen LogP contribution in [0.3, 0.4) is 0 Å². The van der Waals surface area contributed by atoms with E-state index in [0.29, 0.717) is 15.3 Å². The highest BCUT2D eigenvalue weighted by Crippen LogP contribution is 2.32. The molecule has 0 saturated heterocycles. The van der Waals surface area contributed by atoms with Crippen LogP contribution in [-0.4, -0.2) is 10.8 Å². The van der Waals surface area contributed by atoms with Crippen molar-refractivity contribution in [3.63, 3.8) is 0 Å². The number of nitrogens with zero attached hydrogens (tertiary/aromatic N) is 1. The van der Waals surface area contributed by atoms with Crippen LogP contribution >= 0.6 is 11.3 Å². The first-order valence-electron chi connectivity index (χ1n) is 10.3. The number of aromatic nitrogens is 1. The van der Waals surface area contributed by atoms with E-state index in [2.05, 4.69) is 10.3 Å². The fourth-order valence-corrected chi connectivity index (χ4v) is 5.01. The molecule has 6 heteroatoms. The SMILES string of the molecule is O=C(c1ccc(-c2ccc(Nc3nc4cc(F)cc(F)c4s3)cc2)cc1)C1CCCC1. The molecule has 156 valence electrons. The van der Waals surface area contributed by atoms with Crippen LogP contribution in [0.2, 0.25) is 0 Å². The molecule has 31 heavy (non-hydrogen) atoms. The highest BCUT2D eigenvalue weighted by atomic mass is 32.1. The second-order valence-corrected chi connectivity index (χ2v) is 8.88. The third-order valence-corrected chi connectivity index (χ3v) is 6.77. The van der Waals surface area contributed by atoms with Crippen molar-refractivity contribution in [2.24, 2.45) is 5.92 Å². The molecule has 1 N–H and O–H groups in total. The third kappa shape index (κ3) is 4.08. The van der Waals surface area contributed by atoms with E-state index in [1.807, 2.05) is 48.5 Å². The van der Waals surface area contributed by atoms with Crippen molar-refractivity contribution in [2.75, 3.05) is 5.32 Å². The van der Waals surface area contributed by atoms with Crippen molar-refractivity contribution in [3.8, 4) is 11.1 Å². The van der Waals surface area contributed by atoms with Crippen molar-refractivity contribution in [3.05, 3.63) is 77.9 Å². The number of Topliss-reactive ketones (excluding diaryl/α,β-unsaturated/α-hetero) is 1. The van der Waals surface area contributed by atoms with Gasteiger partial charge in [0.25, 0.3) is 0 Å². The topological polar surface area (TPSA) is 42.0 Å². The maximum absolute atomic E-state index is 13.9. The zero-order chi connectivity index (χ0) is 21.4. The lowest BCUT2D eigenvalue weighted by Crippen LogP contribution is -2.10. The summed E-state index contributed by atoms with van der Waals surface area (Å²) in [6.07, 6.45) is 4.31. The molecule has 0 radical (unpaired) electrons. The number of carbonyl (C=O) groups excluding carboxylic acids is 1. The molecule has 1 heterocycles. The third-order valence-electron chi connectivity index (χ3n) is 5.77. The Morgan fingerprint density at radius 1 is 0.935 bits per heavy atom. The number of hydrogen-bond acceptors (Lipinski definition) is 4. The standard InChI is InChI=1S/C25H20F2N2OS/c26-19-13-21(27)24-22(14-19)29-25(31-24)28-20-11-9-16(10-12-20)15-5-7-18(8-6-15)23(30)17-3-1-2-4-17/h5-14,17H,1-4H2,(H,28,29). The summed E-state index contributed by atoms with van der Waals surface area (Å²) in [5.74, 6) is -0.799. The summed E-state index contributed by atoms with van der Waals surface area (Å²) in [5.41, 5.74) is 3.95. The molecule has 1 aliphatic rings. The molecule has 1 fully saturated rings. The van der Waals surface area contributed by atoms with E-state index in [-0.39, 0.29) is 11.7 Å². The van der Waals surface area contributed by atoms with Gasteiger partial charge in [-0.15, -0.1) is 0 Å². The van der Waals surface area contributed by atoms with Gasteiger partial charge >= 0.3 is 0 Å². The lowest BCUT2D eigenvalue weighted by Gasteiger charge is -2.09. The van der Waals surface area contributed by atoms with Crippen LogP contribution in [0.4, 0.5) is 19.6 Å². The Hall–Kier alpha value is -3.12. The van der Waals surface area contributed by atoms with Crippen LogP contribution < -0.4 is 5.32 Å². The quantitative estimate of drug-likeness (QED) is 0.334. The number of hydrogen-bond donors (Lipinski definition) is 1. The molecule has 4 aromatic rings. The molecule has 1 saturated carbocycles. The minimum absolute atomic E-state index is 0.184. The Bertz CT molecular complexity index is 1240. The lowest BCUT2D eigenvalue weighted by atomic mass is 9.94. The first-order valence-corrected chi connectivity index (χ1v) is 11.2. The summed E-state index contributed by atoms with van der Waals surface area (Å²) in [6.45, 7) is 0. The Morgan fingerprint density at radius 3 is 2.26 bits per heavy atom. The highest BCUT2D eigenvalue weighted by Gasteiger charge is 2.23. The fraction of sp³-hybridized carbons (Fsp3) is 0.200. The first kappa shape index (κ1) is 19.8. The van der Waals surface area contributed by atoms with Crippen molar-refractivity contribution < 1.29 is 13.6 Å². The van der Waals surface area contributed by atoms with E-state index in [1.54, 1.807) is 0 Å². The number of nitrogens with one attached hydrogen (secondary N) is 1. The molecule has 0 aliphatic heterocycles. The molecule has 1 aromatic heterocycles. The average molecular weight is 435 g/mol. The van der Waals surface area contributed by atoms with Gasteiger partial charge in [0.15, 0.2) is 10.9 Å². The number of rotatable bonds is 5. The second kappa shape index (κ2) is 8.19. The van der Waals surface area contributed by atoms with Crippen LogP contribution in [0.5, 0.6) is 0 Å². The maximum atomic E-state index is 13.9. The van der Waals surface area contributed by atoms with Gasteiger partial charge in [0, 0.05) is 29.3 Å². The first-order chi connectivity index (χ1) is 15.1. The largest absolute Gasteiger partial charge is 0.332 e. The highest BCUT2D eigenvalue weighted by molar-refractivity contribution is 7.22. The lowest BCUT2D eigenvalue weighted by molar-refractivity contribution is 0.0923. The van der Waals surface area contributed by atoms with E-state index in [9.17, 15) is 13.6 Å². The number of halogens is 2. The number of fused-ring (bicyclic) bond motifs is 1. The Kier molecular flexibility index (Phi) is 5.24. The van der Waals surface area contributed by atoms with Gasteiger partial charge in [0.1, 0.15) is 11.6 Å². The second-order valence-electron chi connectivity index (χ2n) is 7.88. The number of thiazole rings is 1. The van der Waals surface area contributed by atoms with E-state index in [4.69, 9.17) is 0 Å². The molecule has 0 spiro atoms. The molecule has 5 rings (SSSR count). The van der Waals surface area contributed by atoms with E-state index in [0.717, 1.165) is 65.5 Å². The zero-order valence-electron chi connectivity index (χ0n) is 16.7. The van der Waals surface area contributed by atoms with Crippen molar-refractivity contribution in [1.29, 1.82) is 0 Å². The van der Waals surface area contributed by atoms with Crippen molar-refractivity contribution in [2.45, 2.75) is 25.7 Å². The summed E-state index contributed by atoms with van der Waals surface area (Å²) >= 11 is 1.15. The molecule has 0 unspecified atom stereocenters. The number of benzene rings is 3. The summed E-state index contributed by atoms with van der Waals surface area (Å²) in [7, 11) is 0. The average Bonchev–Trinajstić information content (AvgIpc) is 3.44. The van der Waals surface area contributed by atoms with Crippen LogP contribution in [0, 0.1) is 17.6 Å². The van der Waals surface area contributed by atoms with Crippen LogP contribution in [0.1, 0.15) is 36.0 Å². The Morgan fingerprint density at radius 2 is 1.58 bits per heavy atom. The number of anilines is 2. The van der Waals surface area contributed by atoms with Crippen LogP contribution in [-0.2, 0) is 0 Å². The van der Waals surface area contributed by atoms with Gasteiger partial charge in [0.05, 0.1) is 10.2 Å². The van der Waals surface area contributed by atoms with E-state index in [1.165, 1.54) is 6.07 Å². The molecular weight excluding hydrogens is 414 g/mol. The molecule has 0 amide bonds. The summed E-state index contributed by atoms with van der Waals surface area (Å²) in [6, 6.07) is 17.7. The number of ketones is 1. The van der Waals surface area contributed by atoms with E-state index < -0.39 is 11.6 Å². The van der Waals surface area contributed by atoms with Gasteiger partial charge in [0.2, 0.25) is 0 Å². The monoisotopic (exact) mass is 434 g/mol. The summed E-state index contributed by atoms with van der Waals surface area (Å²) < 4.78 is 27.6. The summed E-state index contributed by atoms with van der Waals surface area (Å²) in [5, 5.41) is 3.65. The molecule has 0 bridgehead atoms. The molecular formula is C25H20F2N2OS. The normalized spacial score (nSPS) is 14.3. The van der Waals surface area contributed by atoms with Crippen molar-refractivity contribution >= 4 is 38.2 Å². The van der Waals surface area contributed by atoms with Gasteiger partial charge in [-0.05, 0) is 36.1 Å². The minimum atomic E-state index is -0.637. The van der Waals surface area contributed by atoms with Crippen LogP contribution in [0.15, 0.2) is 60.7 Å². The smallest absolute Gasteiger partial charge is 0.188 e. The Balaban J connectivity index is 1.31. The molecule has 3 nitrogen and oxygen atoms in total. The Labute approximate surface area is 182 Å². The minimum Gasteiger partial charge on any atom is -0.332 e. The maximum Gasteiger partial charge on any atom is 0.188 e. The molecule has 1 aliphatic carbocycles. The van der Waals surface area contributed by atoms with Gasteiger partial charge in [-0.2, -0.15) is 0 Å². The van der Waals surface area contributed by atoms with Gasteiger partial charge < -0.3 is 5.32 Å². The van der Waals surface area contributed by atoms with Gasteiger partial charge in [-0.3, -0.25) is 4.79 Å². The fourth-order valence-electron chi connectivity index (χ4n) is 4.13. The van der Waals surface area contributed by atoms with E-state index >= 15 is 0 Å². The predicted molar refractivity (Wildman–Crippen MR) is 121 cm³/mol. The van der Waals surface area contributed by atoms with Gasteiger partial charge in [-0.25, -0.2) is 13.8 Å². The zero-order valence-corrected chi connectivity index (χ0v) is 17.5. The summed E-state index contributed by atoms with van der Waals surface area (Å²) in [4.78, 5) is 16.8. The molecule has 0 atom stereocenters. The van der Waals surface area contributed by atoms with Crippen molar-refractivity contribution in [1.82, 2.24) is 4.98 Å². The van der Waals surface area contributed by atoms with Gasteiger partial charge in [-0.1, -0.05) is 60.6 Å².